The van der Waals surface area contributed by atoms with Gasteiger partial charge < -0.3 is 4.74 Å². The molecule has 0 aliphatic rings. The molecule has 98 valence electrons. The van der Waals surface area contributed by atoms with Gasteiger partial charge in [-0.05, 0) is 6.07 Å². The third kappa shape index (κ3) is 4.35. The zero-order chi connectivity index (χ0) is 13.9. The summed E-state index contributed by atoms with van der Waals surface area (Å²) < 4.78 is 26.7. The zero-order valence-electron chi connectivity index (χ0n) is 8.29. The molecule has 1 aromatic rings. The van der Waals surface area contributed by atoms with E-state index < -0.39 is 31.7 Å². The van der Waals surface area contributed by atoms with E-state index in [2.05, 4.69) is 4.74 Å². The van der Waals surface area contributed by atoms with Gasteiger partial charge in [-0.3, -0.25) is 10.1 Å². The van der Waals surface area contributed by atoms with Crippen molar-refractivity contribution in [3.05, 3.63) is 33.3 Å². The normalized spacial score (nSPS) is 10.8. The maximum absolute atomic E-state index is 11.1. The standard InChI is InChI=1S/C7H4Cl2N2O6S/c8-4-1-2-5(11(13)14)6(3-4)17-7(12)10-18(9,15)16/h1-3H,(H,10,12). The molecular weight excluding hydrogens is 311 g/mol. The van der Waals surface area contributed by atoms with Crippen molar-refractivity contribution in [3.63, 3.8) is 0 Å². The average molecular weight is 315 g/mol. The van der Waals surface area contributed by atoms with Gasteiger partial charge in [-0.15, -0.1) is 0 Å². The molecule has 0 saturated carbocycles. The lowest BCUT2D eigenvalue weighted by Gasteiger charge is -2.04. The van der Waals surface area contributed by atoms with E-state index in [1.807, 2.05) is 0 Å². The summed E-state index contributed by atoms with van der Waals surface area (Å²) in [5.41, 5.74) is -0.554. The third-order valence-electron chi connectivity index (χ3n) is 1.53. The highest BCUT2D eigenvalue weighted by molar-refractivity contribution is 8.12. The Balaban J connectivity index is 3.00. The first-order valence-corrected chi connectivity index (χ1v) is 6.76. The number of ether oxygens (including phenoxy) is 1. The number of nitro benzene ring substituents is 1. The number of rotatable bonds is 3. The first-order valence-electron chi connectivity index (χ1n) is 4.07. The molecule has 0 aliphatic carbocycles. The lowest BCUT2D eigenvalue weighted by molar-refractivity contribution is -0.385. The fourth-order valence-corrected chi connectivity index (χ4v) is 1.53. The predicted octanol–water partition coefficient (Wildman–Crippen LogP) is 1.82. The first kappa shape index (κ1) is 14.5. The lowest BCUT2D eigenvalue weighted by Crippen LogP contribution is -2.29. The van der Waals surface area contributed by atoms with Crippen LogP contribution in [0.1, 0.15) is 0 Å². The Hall–Kier alpha value is -1.58. The van der Waals surface area contributed by atoms with Crippen molar-refractivity contribution in [1.82, 2.24) is 4.72 Å². The van der Waals surface area contributed by atoms with Gasteiger partial charge in [0.2, 0.25) is 5.75 Å². The average Bonchev–Trinajstić information content (AvgIpc) is 2.13. The molecule has 0 unspecified atom stereocenters. The number of nitrogens with zero attached hydrogens (tertiary/aromatic N) is 1. The molecule has 1 amide bonds. The molecule has 0 atom stereocenters. The molecule has 0 spiro atoms. The molecule has 0 fully saturated rings. The molecule has 0 bridgehead atoms. The summed E-state index contributed by atoms with van der Waals surface area (Å²) in [5.74, 6) is -0.509. The van der Waals surface area contributed by atoms with Crippen molar-refractivity contribution >= 4 is 43.3 Å². The fourth-order valence-electron chi connectivity index (χ4n) is 0.941. The van der Waals surface area contributed by atoms with Crippen LogP contribution in [-0.2, 0) is 9.24 Å². The molecule has 1 aromatic carbocycles. The van der Waals surface area contributed by atoms with E-state index in [0.717, 1.165) is 12.1 Å². The van der Waals surface area contributed by atoms with Crippen molar-refractivity contribution < 1.29 is 22.9 Å². The summed E-state index contributed by atoms with van der Waals surface area (Å²) in [6.07, 6.45) is -1.49. The van der Waals surface area contributed by atoms with Gasteiger partial charge in [-0.1, -0.05) is 11.6 Å². The Kier molecular flexibility index (Phi) is 4.33. The van der Waals surface area contributed by atoms with Crippen molar-refractivity contribution in [2.45, 2.75) is 0 Å². The first-order chi connectivity index (χ1) is 8.19. The number of hydrogen-bond donors (Lipinski definition) is 1. The summed E-state index contributed by atoms with van der Waals surface area (Å²) in [5, 5.41) is 10.7. The topological polar surface area (TPSA) is 116 Å². The minimum absolute atomic E-state index is 0.0668. The van der Waals surface area contributed by atoms with Crippen LogP contribution in [0, 0.1) is 10.1 Å². The molecule has 8 nitrogen and oxygen atoms in total. The maximum atomic E-state index is 11.1. The minimum atomic E-state index is -4.34. The van der Waals surface area contributed by atoms with Gasteiger partial charge in [0.1, 0.15) is 0 Å². The molecule has 0 aromatic heterocycles. The van der Waals surface area contributed by atoms with Crippen LogP contribution in [0.25, 0.3) is 0 Å². The summed E-state index contributed by atoms with van der Waals surface area (Å²) >= 11 is 5.56. The largest absolute Gasteiger partial charge is 0.427 e. The molecule has 0 radical (unpaired) electrons. The Morgan fingerprint density at radius 3 is 2.56 bits per heavy atom. The number of benzene rings is 1. The quantitative estimate of drug-likeness (QED) is 0.517. The SMILES string of the molecule is O=C(NS(=O)(=O)Cl)Oc1cc(Cl)ccc1[N+](=O)[O-]. The van der Waals surface area contributed by atoms with Crippen LogP contribution in [0.15, 0.2) is 18.2 Å². The van der Waals surface area contributed by atoms with E-state index in [-0.39, 0.29) is 5.02 Å². The Labute approximate surface area is 110 Å². The van der Waals surface area contributed by atoms with Crippen molar-refractivity contribution in [2.24, 2.45) is 0 Å². The number of amides is 1. The number of carbonyl (C=O) groups excluding carboxylic acids is 1. The summed E-state index contributed by atoms with van der Waals surface area (Å²) in [4.78, 5) is 20.8. The number of halogens is 2. The van der Waals surface area contributed by atoms with Gasteiger partial charge in [0, 0.05) is 27.8 Å². The van der Waals surface area contributed by atoms with Crippen molar-refractivity contribution in [3.8, 4) is 5.75 Å². The second kappa shape index (κ2) is 5.38. The smallest absolute Gasteiger partial charge is 0.402 e. The highest BCUT2D eigenvalue weighted by Crippen LogP contribution is 2.29. The van der Waals surface area contributed by atoms with E-state index in [1.54, 1.807) is 0 Å². The summed E-state index contributed by atoms with van der Waals surface area (Å²) in [6, 6.07) is 3.20. The van der Waals surface area contributed by atoms with Crippen LogP contribution in [0.2, 0.25) is 5.02 Å². The number of hydrogen-bond acceptors (Lipinski definition) is 6. The Morgan fingerprint density at radius 1 is 1.44 bits per heavy atom. The number of nitro groups is 1. The monoisotopic (exact) mass is 314 g/mol. The maximum Gasteiger partial charge on any atom is 0.427 e. The molecule has 1 rings (SSSR count). The molecule has 18 heavy (non-hydrogen) atoms. The number of nitrogens with one attached hydrogen (secondary N) is 1. The van der Waals surface area contributed by atoms with E-state index in [0.29, 0.717) is 0 Å². The van der Waals surface area contributed by atoms with Gasteiger partial charge in [0.05, 0.1) is 4.92 Å². The highest BCUT2D eigenvalue weighted by Gasteiger charge is 2.20. The fraction of sp³-hybridized carbons (Fsp3) is 0. The molecule has 0 saturated heterocycles. The van der Waals surface area contributed by atoms with E-state index in [9.17, 15) is 23.3 Å². The van der Waals surface area contributed by atoms with Gasteiger partial charge in [0.25, 0.3) is 0 Å². The van der Waals surface area contributed by atoms with Crippen LogP contribution < -0.4 is 9.46 Å². The Bertz CT molecular complexity index is 602. The summed E-state index contributed by atoms with van der Waals surface area (Å²) in [7, 11) is 0.386. The minimum Gasteiger partial charge on any atom is -0.402 e. The van der Waals surface area contributed by atoms with E-state index in [4.69, 9.17) is 22.3 Å². The Morgan fingerprint density at radius 2 is 2.06 bits per heavy atom. The van der Waals surface area contributed by atoms with E-state index in [1.165, 1.54) is 10.8 Å². The van der Waals surface area contributed by atoms with Gasteiger partial charge in [-0.2, -0.15) is 8.42 Å². The van der Waals surface area contributed by atoms with Crippen LogP contribution in [0.5, 0.6) is 5.75 Å². The number of carbonyl (C=O) groups is 1. The second-order valence-electron chi connectivity index (χ2n) is 2.80. The van der Waals surface area contributed by atoms with Crippen LogP contribution in [0.3, 0.4) is 0 Å². The van der Waals surface area contributed by atoms with Crippen molar-refractivity contribution in [2.75, 3.05) is 0 Å². The van der Waals surface area contributed by atoms with Crippen molar-refractivity contribution in [1.29, 1.82) is 0 Å². The van der Waals surface area contributed by atoms with Gasteiger partial charge >= 0.3 is 21.0 Å². The molecule has 11 heteroatoms. The van der Waals surface area contributed by atoms with Crippen LogP contribution in [0.4, 0.5) is 10.5 Å². The third-order valence-corrected chi connectivity index (χ3v) is 2.40. The van der Waals surface area contributed by atoms with Crippen LogP contribution >= 0.6 is 22.3 Å². The van der Waals surface area contributed by atoms with Gasteiger partial charge in [0.15, 0.2) is 0 Å². The lowest BCUT2D eigenvalue weighted by atomic mass is 10.3. The molecule has 0 aliphatic heterocycles. The zero-order valence-corrected chi connectivity index (χ0v) is 10.6. The summed E-state index contributed by atoms with van der Waals surface area (Å²) in [6.45, 7) is 0. The van der Waals surface area contributed by atoms with Crippen LogP contribution in [-0.4, -0.2) is 19.4 Å². The van der Waals surface area contributed by atoms with E-state index >= 15 is 0 Å². The predicted molar refractivity (Wildman–Crippen MR) is 62.0 cm³/mol. The highest BCUT2D eigenvalue weighted by atomic mass is 35.7. The second-order valence-corrected chi connectivity index (χ2v) is 5.53. The van der Waals surface area contributed by atoms with Gasteiger partial charge in [-0.25, -0.2) is 9.52 Å². The molecular formula is C7H4Cl2N2O6S. The molecule has 0 heterocycles. The molecule has 1 N–H and O–H groups in total.